The second-order valence-corrected chi connectivity index (χ2v) is 5.78. The molecule has 0 spiro atoms. The van der Waals surface area contributed by atoms with Crippen LogP contribution in [-0.4, -0.2) is 49.2 Å². The number of nitrogens with one attached hydrogen (secondary N) is 2. The number of pyridine rings is 1. The van der Waals surface area contributed by atoms with Crippen molar-refractivity contribution < 1.29 is 0 Å². The number of anilines is 1. The molecule has 0 aromatic carbocycles. The van der Waals surface area contributed by atoms with Crippen LogP contribution in [0.15, 0.2) is 24.5 Å². The van der Waals surface area contributed by atoms with E-state index in [1.807, 2.05) is 24.5 Å². The maximum absolute atomic E-state index is 4.03. The van der Waals surface area contributed by atoms with Crippen LogP contribution in [0.5, 0.6) is 0 Å². The molecule has 4 nitrogen and oxygen atoms in total. The van der Waals surface area contributed by atoms with Crippen molar-refractivity contribution in [1.29, 1.82) is 0 Å². The van der Waals surface area contributed by atoms with Crippen LogP contribution in [0.4, 0.5) is 5.69 Å². The highest BCUT2D eigenvalue weighted by Crippen LogP contribution is 2.18. The Morgan fingerprint density at radius 1 is 1.28 bits per heavy atom. The van der Waals surface area contributed by atoms with E-state index in [4.69, 9.17) is 0 Å². The van der Waals surface area contributed by atoms with E-state index in [1.165, 1.54) is 13.1 Å². The monoisotopic (exact) mass is 248 g/mol. The molecule has 0 bridgehead atoms. The molecule has 1 saturated heterocycles. The molecule has 0 saturated carbocycles. The van der Waals surface area contributed by atoms with E-state index in [-0.39, 0.29) is 5.41 Å². The van der Waals surface area contributed by atoms with E-state index in [0.29, 0.717) is 0 Å². The fraction of sp³-hybridized carbons (Fsp3) is 0.643. The van der Waals surface area contributed by atoms with Gasteiger partial charge in [0, 0.05) is 57.3 Å². The molecule has 0 amide bonds. The Balaban J connectivity index is 1.79. The molecule has 1 aromatic heterocycles. The minimum Gasteiger partial charge on any atom is -0.384 e. The minimum absolute atomic E-state index is 0.278. The van der Waals surface area contributed by atoms with E-state index in [9.17, 15) is 0 Å². The van der Waals surface area contributed by atoms with Gasteiger partial charge in [0.15, 0.2) is 0 Å². The number of piperazine rings is 1. The van der Waals surface area contributed by atoms with Crippen LogP contribution in [0, 0.1) is 5.41 Å². The second kappa shape index (κ2) is 6.16. The number of hydrogen-bond acceptors (Lipinski definition) is 4. The minimum atomic E-state index is 0.278. The first-order chi connectivity index (χ1) is 8.66. The van der Waals surface area contributed by atoms with E-state index >= 15 is 0 Å². The van der Waals surface area contributed by atoms with E-state index in [1.54, 1.807) is 0 Å². The lowest BCUT2D eigenvalue weighted by atomic mass is 9.92. The van der Waals surface area contributed by atoms with Crippen LogP contribution in [0.3, 0.4) is 0 Å². The molecule has 0 radical (unpaired) electrons. The first-order valence-electron chi connectivity index (χ1n) is 6.73. The van der Waals surface area contributed by atoms with Crippen molar-refractivity contribution in [2.24, 2.45) is 5.41 Å². The maximum atomic E-state index is 4.03. The van der Waals surface area contributed by atoms with Gasteiger partial charge in [-0.1, -0.05) is 13.8 Å². The summed E-state index contributed by atoms with van der Waals surface area (Å²) in [4.78, 5) is 6.57. The zero-order valence-electron chi connectivity index (χ0n) is 11.4. The fourth-order valence-electron chi connectivity index (χ4n) is 2.34. The Labute approximate surface area is 110 Å². The van der Waals surface area contributed by atoms with Crippen LogP contribution < -0.4 is 10.6 Å². The lowest BCUT2D eigenvalue weighted by molar-refractivity contribution is 0.168. The predicted molar refractivity (Wildman–Crippen MR) is 75.8 cm³/mol. The molecule has 1 aromatic rings. The molecule has 2 rings (SSSR count). The Morgan fingerprint density at radius 3 is 2.61 bits per heavy atom. The van der Waals surface area contributed by atoms with Gasteiger partial charge in [0.2, 0.25) is 0 Å². The van der Waals surface area contributed by atoms with E-state index < -0.39 is 0 Å². The molecular weight excluding hydrogens is 224 g/mol. The van der Waals surface area contributed by atoms with Crippen molar-refractivity contribution in [3.05, 3.63) is 24.5 Å². The molecule has 18 heavy (non-hydrogen) atoms. The Morgan fingerprint density at radius 2 is 1.94 bits per heavy atom. The summed E-state index contributed by atoms with van der Waals surface area (Å²) in [6.45, 7) is 11.3. The largest absolute Gasteiger partial charge is 0.384 e. The lowest BCUT2D eigenvalue weighted by Crippen LogP contribution is -2.48. The molecule has 0 aliphatic carbocycles. The summed E-state index contributed by atoms with van der Waals surface area (Å²) in [6.07, 6.45) is 3.65. The van der Waals surface area contributed by atoms with Crippen LogP contribution in [0.2, 0.25) is 0 Å². The molecule has 1 aliphatic heterocycles. The maximum Gasteiger partial charge on any atom is 0.0371 e. The van der Waals surface area contributed by atoms with E-state index in [0.717, 1.165) is 31.9 Å². The molecule has 0 unspecified atom stereocenters. The average Bonchev–Trinajstić information content (AvgIpc) is 2.38. The van der Waals surface area contributed by atoms with Gasteiger partial charge in [0.05, 0.1) is 0 Å². The summed E-state index contributed by atoms with van der Waals surface area (Å²) >= 11 is 0. The highest BCUT2D eigenvalue weighted by molar-refractivity contribution is 5.40. The van der Waals surface area contributed by atoms with Crippen molar-refractivity contribution in [2.45, 2.75) is 13.8 Å². The number of hydrogen-bond donors (Lipinski definition) is 2. The van der Waals surface area contributed by atoms with Crippen molar-refractivity contribution in [1.82, 2.24) is 15.2 Å². The summed E-state index contributed by atoms with van der Waals surface area (Å²) < 4.78 is 0. The summed E-state index contributed by atoms with van der Waals surface area (Å²) in [6, 6.07) is 4.03. The normalized spacial score (nSPS) is 17.7. The van der Waals surface area contributed by atoms with Gasteiger partial charge in [-0.25, -0.2) is 0 Å². The van der Waals surface area contributed by atoms with Crippen LogP contribution in [0.25, 0.3) is 0 Å². The van der Waals surface area contributed by atoms with Crippen LogP contribution >= 0.6 is 0 Å². The molecule has 1 fully saturated rings. The third kappa shape index (κ3) is 4.27. The molecule has 100 valence electrons. The van der Waals surface area contributed by atoms with Gasteiger partial charge in [-0.3, -0.25) is 4.98 Å². The van der Waals surface area contributed by atoms with E-state index in [2.05, 4.69) is 34.4 Å². The summed E-state index contributed by atoms with van der Waals surface area (Å²) in [5, 5.41) is 6.89. The molecule has 2 heterocycles. The fourth-order valence-corrected chi connectivity index (χ4v) is 2.34. The van der Waals surface area contributed by atoms with Crippen molar-refractivity contribution in [2.75, 3.05) is 44.6 Å². The highest BCUT2D eigenvalue weighted by Gasteiger charge is 2.22. The Hall–Kier alpha value is -1.13. The quantitative estimate of drug-likeness (QED) is 0.827. The molecule has 0 atom stereocenters. The highest BCUT2D eigenvalue weighted by atomic mass is 15.2. The van der Waals surface area contributed by atoms with Crippen LogP contribution in [-0.2, 0) is 0 Å². The number of aromatic nitrogens is 1. The predicted octanol–water partition coefficient (Wildman–Crippen LogP) is 1.42. The van der Waals surface area contributed by atoms with Crippen molar-refractivity contribution in [3.63, 3.8) is 0 Å². The first-order valence-corrected chi connectivity index (χ1v) is 6.73. The molecular formula is C14H24N4. The van der Waals surface area contributed by atoms with Crippen LogP contribution in [0.1, 0.15) is 13.8 Å². The standard InChI is InChI=1S/C14H24N4/c1-14(2,12-18-9-7-16-8-10-18)11-17-13-3-5-15-6-4-13/h3-6,16H,7-12H2,1-2H3,(H,15,17). The molecule has 1 aliphatic rings. The van der Waals surface area contributed by atoms with Gasteiger partial charge in [-0.2, -0.15) is 0 Å². The van der Waals surface area contributed by atoms with Gasteiger partial charge in [-0.05, 0) is 17.5 Å². The zero-order valence-corrected chi connectivity index (χ0v) is 11.4. The van der Waals surface area contributed by atoms with Gasteiger partial charge < -0.3 is 15.5 Å². The number of rotatable bonds is 5. The first kappa shape index (κ1) is 13.3. The van der Waals surface area contributed by atoms with Crippen molar-refractivity contribution >= 4 is 5.69 Å². The van der Waals surface area contributed by atoms with Gasteiger partial charge >= 0.3 is 0 Å². The average molecular weight is 248 g/mol. The molecule has 2 N–H and O–H groups in total. The van der Waals surface area contributed by atoms with Gasteiger partial charge in [-0.15, -0.1) is 0 Å². The third-order valence-electron chi connectivity index (χ3n) is 3.31. The summed E-state index contributed by atoms with van der Waals surface area (Å²) in [7, 11) is 0. The summed E-state index contributed by atoms with van der Waals surface area (Å²) in [5.74, 6) is 0. The summed E-state index contributed by atoms with van der Waals surface area (Å²) in [5.41, 5.74) is 1.43. The smallest absolute Gasteiger partial charge is 0.0371 e. The zero-order chi connectivity index (χ0) is 12.8. The van der Waals surface area contributed by atoms with Gasteiger partial charge in [0.25, 0.3) is 0 Å². The van der Waals surface area contributed by atoms with Gasteiger partial charge in [0.1, 0.15) is 0 Å². The lowest BCUT2D eigenvalue weighted by Gasteiger charge is -2.35. The number of nitrogens with zero attached hydrogens (tertiary/aromatic N) is 2. The third-order valence-corrected chi connectivity index (χ3v) is 3.31. The van der Waals surface area contributed by atoms with Crippen molar-refractivity contribution in [3.8, 4) is 0 Å². The SMILES string of the molecule is CC(C)(CNc1ccncc1)CN1CCNCC1. The Bertz CT molecular complexity index is 344. The second-order valence-electron chi connectivity index (χ2n) is 5.78. The topological polar surface area (TPSA) is 40.2 Å². The molecule has 4 heteroatoms. The Kier molecular flexibility index (Phi) is 4.55.